The monoisotopic (exact) mass is 220 g/mol. The Morgan fingerprint density at radius 1 is 1.25 bits per heavy atom. The Kier molecular flexibility index (Phi) is 3.74. The van der Waals surface area contributed by atoms with E-state index in [9.17, 15) is 4.79 Å². The van der Waals surface area contributed by atoms with E-state index < -0.39 is 0 Å². The van der Waals surface area contributed by atoms with Gasteiger partial charge in [0.25, 0.3) is 0 Å². The van der Waals surface area contributed by atoms with Gasteiger partial charge < -0.3 is 4.74 Å². The van der Waals surface area contributed by atoms with Gasteiger partial charge in [-0.2, -0.15) is 0 Å². The number of ether oxygens (including phenoxy) is 1. The van der Waals surface area contributed by atoms with Crippen LogP contribution in [0.5, 0.6) is 0 Å². The zero-order chi connectivity index (χ0) is 12.3. The molecule has 1 rings (SSSR count). The van der Waals surface area contributed by atoms with Crippen molar-refractivity contribution in [2.24, 2.45) is 5.41 Å². The number of aryl methyl sites for hydroxylation is 1. The maximum atomic E-state index is 11.9. The van der Waals surface area contributed by atoms with Crippen molar-refractivity contribution in [2.75, 3.05) is 0 Å². The van der Waals surface area contributed by atoms with Crippen molar-refractivity contribution in [3.8, 4) is 0 Å². The Hall–Kier alpha value is -1.31. The third-order valence-corrected chi connectivity index (χ3v) is 2.87. The lowest BCUT2D eigenvalue weighted by Gasteiger charge is -2.27. The fraction of sp³-hybridized carbons (Fsp3) is 0.500. The number of carbonyl (C=O) groups excluding carboxylic acids is 1. The van der Waals surface area contributed by atoms with Gasteiger partial charge in [-0.05, 0) is 30.9 Å². The van der Waals surface area contributed by atoms with Gasteiger partial charge in [0.2, 0.25) is 0 Å². The number of esters is 1. The van der Waals surface area contributed by atoms with Crippen LogP contribution >= 0.6 is 0 Å². The SMILES string of the molecule is Cc1ccccc1C(=O)O[C@H](C)C(C)(C)C. The molecule has 0 radical (unpaired) electrons. The molecular weight excluding hydrogens is 200 g/mol. The summed E-state index contributed by atoms with van der Waals surface area (Å²) in [5, 5.41) is 0. The lowest BCUT2D eigenvalue weighted by atomic mass is 9.90. The molecule has 2 nitrogen and oxygen atoms in total. The third-order valence-electron chi connectivity index (χ3n) is 2.87. The second kappa shape index (κ2) is 4.69. The molecule has 0 aromatic heterocycles. The van der Waals surface area contributed by atoms with Gasteiger partial charge in [-0.15, -0.1) is 0 Å². The molecule has 1 aromatic rings. The number of rotatable bonds is 2. The summed E-state index contributed by atoms with van der Waals surface area (Å²) < 4.78 is 5.44. The average molecular weight is 220 g/mol. The highest BCUT2D eigenvalue weighted by atomic mass is 16.5. The summed E-state index contributed by atoms with van der Waals surface area (Å²) in [7, 11) is 0. The number of hydrogen-bond acceptors (Lipinski definition) is 2. The Balaban J connectivity index is 2.78. The van der Waals surface area contributed by atoms with E-state index in [4.69, 9.17) is 4.74 Å². The van der Waals surface area contributed by atoms with Gasteiger partial charge in [-0.25, -0.2) is 4.79 Å². The van der Waals surface area contributed by atoms with Crippen LogP contribution in [0, 0.1) is 12.3 Å². The largest absolute Gasteiger partial charge is 0.459 e. The molecule has 0 saturated heterocycles. The van der Waals surface area contributed by atoms with Crippen molar-refractivity contribution in [2.45, 2.75) is 40.7 Å². The summed E-state index contributed by atoms with van der Waals surface area (Å²) in [6, 6.07) is 7.48. The van der Waals surface area contributed by atoms with Crippen molar-refractivity contribution in [3.05, 3.63) is 35.4 Å². The van der Waals surface area contributed by atoms with Crippen LogP contribution < -0.4 is 0 Å². The fourth-order valence-corrected chi connectivity index (χ4v) is 1.20. The lowest BCUT2D eigenvalue weighted by molar-refractivity contribution is 0.00472. The van der Waals surface area contributed by atoms with Crippen LogP contribution in [0.2, 0.25) is 0 Å². The third kappa shape index (κ3) is 3.09. The van der Waals surface area contributed by atoms with Crippen molar-refractivity contribution in [3.63, 3.8) is 0 Å². The Labute approximate surface area is 97.6 Å². The van der Waals surface area contributed by atoms with E-state index in [1.165, 1.54) is 0 Å². The number of carbonyl (C=O) groups is 1. The quantitative estimate of drug-likeness (QED) is 0.712. The summed E-state index contributed by atoms with van der Waals surface area (Å²) >= 11 is 0. The van der Waals surface area contributed by atoms with E-state index in [2.05, 4.69) is 20.8 Å². The molecule has 88 valence electrons. The predicted octanol–water partition coefficient (Wildman–Crippen LogP) is 3.59. The van der Waals surface area contributed by atoms with Gasteiger partial charge in [-0.1, -0.05) is 39.0 Å². The first kappa shape index (κ1) is 12.8. The van der Waals surface area contributed by atoms with E-state index in [1.54, 1.807) is 6.07 Å². The molecule has 0 unspecified atom stereocenters. The topological polar surface area (TPSA) is 26.3 Å². The summed E-state index contributed by atoms with van der Waals surface area (Å²) in [5.41, 5.74) is 1.57. The molecule has 1 aromatic carbocycles. The minimum Gasteiger partial charge on any atom is -0.459 e. The highest BCUT2D eigenvalue weighted by Gasteiger charge is 2.24. The van der Waals surface area contributed by atoms with Gasteiger partial charge in [0.1, 0.15) is 6.10 Å². The summed E-state index contributed by atoms with van der Waals surface area (Å²) in [6.45, 7) is 10.0. The van der Waals surface area contributed by atoms with Crippen LogP contribution in [-0.2, 0) is 4.74 Å². The van der Waals surface area contributed by atoms with Crippen LogP contribution in [0.15, 0.2) is 24.3 Å². The minimum absolute atomic E-state index is 0.0294. The predicted molar refractivity (Wildman–Crippen MR) is 65.5 cm³/mol. The van der Waals surface area contributed by atoms with Gasteiger partial charge in [-0.3, -0.25) is 0 Å². The van der Waals surface area contributed by atoms with Crippen LogP contribution in [0.3, 0.4) is 0 Å². The maximum Gasteiger partial charge on any atom is 0.338 e. The molecular formula is C14H20O2. The zero-order valence-electron chi connectivity index (χ0n) is 10.7. The van der Waals surface area contributed by atoms with E-state index >= 15 is 0 Å². The van der Waals surface area contributed by atoms with Crippen molar-refractivity contribution >= 4 is 5.97 Å². The minimum atomic E-state index is -0.236. The van der Waals surface area contributed by atoms with Crippen LogP contribution in [0.4, 0.5) is 0 Å². The normalized spacial score (nSPS) is 13.3. The number of benzene rings is 1. The molecule has 0 amide bonds. The van der Waals surface area contributed by atoms with Crippen LogP contribution in [-0.4, -0.2) is 12.1 Å². The first-order valence-electron chi connectivity index (χ1n) is 5.59. The molecule has 0 heterocycles. The van der Waals surface area contributed by atoms with Crippen molar-refractivity contribution in [1.29, 1.82) is 0 Å². The van der Waals surface area contributed by atoms with E-state index in [-0.39, 0.29) is 17.5 Å². The Morgan fingerprint density at radius 3 is 2.31 bits per heavy atom. The molecule has 0 aliphatic rings. The molecule has 0 saturated carbocycles. The Morgan fingerprint density at radius 2 is 1.81 bits per heavy atom. The highest BCUT2D eigenvalue weighted by molar-refractivity contribution is 5.91. The van der Waals surface area contributed by atoms with Crippen molar-refractivity contribution < 1.29 is 9.53 Å². The van der Waals surface area contributed by atoms with E-state index in [1.807, 2.05) is 32.0 Å². The molecule has 2 heteroatoms. The zero-order valence-corrected chi connectivity index (χ0v) is 10.7. The van der Waals surface area contributed by atoms with Crippen LogP contribution in [0.25, 0.3) is 0 Å². The number of hydrogen-bond donors (Lipinski definition) is 0. The summed E-state index contributed by atoms with van der Waals surface area (Å²) in [6.07, 6.45) is -0.0976. The summed E-state index contributed by atoms with van der Waals surface area (Å²) in [5.74, 6) is -0.236. The first-order valence-corrected chi connectivity index (χ1v) is 5.59. The molecule has 0 aliphatic heterocycles. The molecule has 0 aliphatic carbocycles. The molecule has 0 bridgehead atoms. The van der Waals surface area contributed by atoms with E-state index in [0.29, 0.717) is 5.56 Å². The summed E-state index contributed by atoms with van der Waals surface area (Å²) in [4.78, 5) is 11.9. The molecule has 0 N–H and O–H groups in total. The van der Waals surface area contributed by atoms with Gasteiger partial charge in [0, 0.05) is 0 Å². The van der Waals surface area contributed by atoms with Gasteiger partial charge >= 0.3 is 5.97 Å². The van der Waals surface area contributed by atoms with Gasteiger partial charge in [0.15, 0.2) is 0 Å². The lowest BCUT2D eigenvalue weighted by Crippen LogP contribution is -2.28. The average Bonchev–Trinajstić information content (AvgIpc) is 2.16. The second-order valence-electron chi connectivity index (χ2n) is 5.23. The van der Waals surface area contributed by atoms with Crippen LogP contribution in [0.1, 0.15) is 43.6 Å². The van der Waals surface area contributed by atoms with E-state index in [0.717, 1.165) is 5.56 Å². The highest BCUT2D eigenvalue weighted by Crippen LogP contribution is 2.23. The molecule has 16 heavy (non-hydrogen) atoms. The van der Waals surface area contributed by atoms with Crippen molar-refractivity contribution in [1.82, 2.24) is 0 Å². The Bertz CT molecular complexity index is 375. The standard InChI is InChI=1S/C14H20O2/c1-10-8-6-7-9-12(10)13(15)16-11(2)14(3,4)5/h6-9,11H,1-5H3/t11-/m1/s1. The molecule has 1 atom stereocenters. The molecule has 0 spiro atoms. The maximum absolute atomic E-state index is 11.9. The fourth-order valence-electron chi connectivity index (χ4n) is 1.20. The molecule has 0 fully saturated rings. The first-order chi connectivity index (χ1) is 7.32. The second-order valence-corrected chi connectivity index (χ2v) is 5.23. The van der Waals surface area contributed by atoms with Gasteiger partial charge in [0.05, 0.1) is 5.56 Å². The smallest absolute Gasteiger partial charge is 0.338 e.